The largest absolute Gasteiger partial charge is 0.450 e. The molecular weight excluding hydrogens is 398 g/mol. The first kappa shape index (κ1) is 22.9. The zero-order chi connectivity index (χ0) is 21.0. The first-order chi connectivity index (χ1) is 13.0. The molecule has 1 aliphatic heterocycles. The van der Waals surface area contributed by atoms with E-state index in [9.17, 15) is 18.3 Å². The topological polar surface area (TPSA) is 93.1 Å². The minimum Gasteiger partial charge on any atom is -0.450 e. The van der Waals surface area contributed by atoms with Crippen molar-refractivity contribution in [3.05, 3.63) is 29.8 Å². The molecule has 1 saturated heterocycles. The van der Waals surface area contributed by atoms with Gasteiger partial charge in [-0.05, 0) is 37.9 Å². The summed E-state index contributed by atoms with van der Waals surface area (Å²) in [6.07, 6.45) is 0.578. The van der Waals surface area contributed by atoms with Crippen molar-refractivity contribution in [3.8, 4) is 0 Å². The van der Waals surface area contributed by atoms with Crippen LogP contribution in [0, 0.1) is 6.92 Å². The molecule has 1 unspecified atom stereocenters. The molecule has 9 heteroatoms. The van der Waals surface area contributed by atoms with Gasteiger partial charge in [0.15, 0.2) is 0 Å². The molecule has 28 heavy (non-hydrogen) atoms. The summed E-state index contributed by atoms with van der Waals surface area (Å²) in [5.41, 5.74) is -0.151. The Labute approximate surface area is 168 Å². The highest BCUT2D eigenvalue weighted by Crippen LogP contribution is 2.31. The number of carbonyl (C=O) groups excluding carboxylic acids is 1. The van der Waals surface area contributed by atoms with Gasteiger partial charge in [-0.3, -0.25) is 9.08 Å². The third kappa shape index (κ3) is 5.79. The van der Waals surface area contributed by atoms with Crippen LogP contribution in [0.5, 0.6) is 0 Å². The van der Waals surface area contributed by atoms with Crippen LogP contribution >= 0.6 is 0 Å². The Morgan fingerprint density at radius 2 is 1.89 bits per heavy atom. The number of nitrogens with zero attached hydrogens (tertiary/aromatic N) is 1. The number of aliphatic hydroxyl groups excluding tert-OH is 1. The lowest BCUT2D eigenvalue weighted by Crippen LogP contribution is -2.53. The lowest BCUT2D eigenvalue weighted by molar-refractivity contribution is 0.0176. The molecule has 1 atom stereocenters. The van der Waals surface area contributed by atoms with Crippen molar-refractivity contribution in [2.75, 3.05) is 26.4 Å². The van der Waals surface area contributed by atoms with Crippen LogP contribution in [-0.4, -0.2) is 64.5 Å². The van der Waals surface area contributed by atoms with Crippen LogP contribution in [0.1, 0.15) is 18.4 Å². The first-order valence-electron chi connectivity index (χ1n) is 9.50. The van der Waals surface area contributed by atoms with E-state index in [1.807, 2.05) is 6.92 Å². The number of carbonyl (C=O) groups is 1. The van der Waals surface area contributed by atoms with Gasteiger partial charge >= 0.3 is 6.09 Å². The molecule has 0 aliphatic carbocycles. The number of likely N-dealkylation sites (tertiary alicyclic amines) is 1. The van der Waals surface area contributed by atoms with E-state index in [0.717, 1.165) is 11.6 Å². The van der Waals surface area contributed by atoms with Crippen LogP contribution in [0.25, 0.3) is 0 Å². The molecule has 1 aromatic rings. The van der Waals surface area contributed by atoms with Crippen molar-refractivity contribution in [1.82, 2.24) is 4.90 Å². The Kier molecular flexibility index (Phi) is 7.30. The van der Waals surface area contributed by atoms with Crippen LogP contribution in [-0.2, 0) is 19.0 Å². The zero-order valence-electron chi connectivity index (χ0n) is 17.1. The van der Waals surface area contributed by atoms with E-state index in [2.05, 4.69) is 19.6 Å². The number of ether oxygens (including phenoxy) is 1. The Bertz CT molecular complexity index is 775. The number of hydrogen-bond donors (Lipinski definition) is 1. The van der Waals surface area contributed by atoms with Crippen LogP contribution < -0.4 is 0 Å². The van der Waals surface area contributed by atoms with E-state index in [0.29, 0.717) is 26.0 Å². The van der Waals surface area contributed by atoms with Gasteiger partial charge in [0.2, 0.25) is 0 Å². The van der Waals surface area contributed by atoms with Crippen LogP contribution in [0.15, 0.2) is 29.2 Å². The monoisotopic (exact) mass is 429 g/mol. The van der Waals surface area contributed by atoms with Gasteiger partial charge in [-0.2, -0.15) is 8.42 Å². The van der Waals surface area contributed by atoms with Gasteiger partial charge in [0.1, 0.15) is 0 Å². The Hall–Kier alpha value is -1.42. The molecule has 158 valence electrons. The Morgan fingerprint density at radius 1 is 1.25 bits per heavy atom. The van der Waals surface area contributed by atoms with Gasteiger partial charge in [0.05, 0.1) is 30.3 Å². The predicted molar refractivity (Wildman–Crippen MR) is 110 cm³/mol. The van der Waals surface area contributed by atoms with Gasteiger partial charge in [-0.1, -0.05) is 37.3 Å². The van der Waals surface area contributed by atoms with E-state index in [1.165, 1.54) is 17.0 Å². The molecule has 1 heterocycles. The summed E-state index contributed by atoms with van der Waals surface area (Å²) in [6.45, 7) is 8.48. The van der Waals surface area contributed by atoms with E-state index in [1.54, 1.807) is 12.1 Å². The molecule has 0 saturated carbocycles. The molecule has 1 fully saturated rings. The van der Waals surface area contributed by atoms with Crippen LogP contribution in [0.3, 0.4) is 0 Å². The summed E-state index contributed by atoms with van der Waals surface area (Å²) in [7, 11) is -5.32. The summed E-state index contributed by atoms with van der Waals surface area (Å²) < 4.78 is 35.6. The summed E-state index contributed by atoms with van der Waals surface area (Å²) in [5.74, 6) is 0. The zero-order valence-corrected chi connectivity index (χ0v) is 18.9. The Balaban J connectivity index is 2.05. The summed E-state index contributed by atoms with van der Waals surface area (Å²) in [6, 6.07) is 7.18. The number of aliphatic hydroxyl groups is 1. The summed E-state index contributed by atoms with van der Waals surface area (Å²) in [4.78, 5) is 14.0. The average Bonchev–Trinajstić information content (AvgIpc) is 3.04. The maximum Gasteiger partial charge on any atom is 0.410 e. The van der Waals surface area contributed by atoms with E-state index < -0.39 is 29.8 Å². The molecule has 2 rings (SSSR count). The fourth-order valence-electron chi connectivity index (χ4n) is 3.07. The smallest absolute Gasteiger partial charge is 0.410 e. The highest BCUT2D eigenvalue weighted by molar-refractivity contribution is 7.86. The van der Waals surface area contributed by atoms with Crippen molar-refractivity contribution in [1.29, 1.82) is 0 Å². The van der Waals surface area contributed by atoms with Gasteiger partial charge in [0, 0.05) is 14.6 Å². The maximum absolute atomic E-state index is 12.5. The van der Waals surface area contributed by atoms with Crippen molar-refractivity contribution in [2.24, 2.45) is 0 Å². The second-order valence-corrected chi connectivity index (χ2v) is 15.8. The van der Waals surface area contributed by atoms with E-state index in [-0.39, 0.29) is 18.1 Å². The third-order valence-corrected chi connectivity index (χ3v) is 7.96. The fraction of sp³-hybridized carbons (Fsp3) is 0.632. The molecule has 1 N–H and O–H groups in total. The molecule has 1 amide bonds. The SMILES string of the molecule is Cc1ccc(S(=O)(=O)OCC2(CO)CCCN2C(=O)OCC[Si](C)(C)C)cc1. The van der Waals surface area contributed by atoms with Crippen LogP contribution in [0.4, 0.5) is 4.79 Å². The van der Waals surface area contributed by atoms with Gasteiger partial charge in [-0.15, -0.1) is 0 Å². The number of amides is 1. The molecule has 0 aromatic heterocycles. The summed E-state index contributed by atoms with van der Waals surface area (Å²) >= 11 is 0. The number of rotatable bonds is 8. The van der Waals surface area contributed by atoms with Crippen LogP contribution in [0.2, 0.25) is 25.7 Å². The predicted octanol–water partition coefficient (Wildman–Crippen LogP) is 3.00. The molecule has 0 radical (unpaired) electrons. The highest BCUT2D eigenvalue weighted by Gasteiger charge is 2.45. The average molecular weight is 430 g/mol. The number of benzene rings is 1. The van der Waals surface area contributed by atoms with Gasteiger partial charge < -0.3 is 9.84 Å². The maximum atomic E-state index is 12.5. The number of hydrogen-bond acceptors (Lipinski definition) is 6. The molecule has 1 aromatic carbocycles. The quantitative estimate of drug-likeness (QED) is 0.504. The lowest BCUT2D eigenvalue weighted by Gasteiger charge is -2.35. The fourth-order valence-corrected chi connectivity index (χ4v) is 4.76. The van der Waals surface area contributed by atoms with Crippen molar-refractivity contribution < 1.29 is 27.2 Å². The summed E-state index contributed by atoms with van der Waals surface area (Å²) in [5, 5.41) is 9.98. The second kappa shape index (κ2) is 8.94. The molecule has 0 spiro atoms. The van der Waals surface area contributed by atoms with E-state index >= 15 is 0 Å². The normalized spacial score (nSPS) is 20.4. The highest BCUT2D eigenvalue weighted by atomic mass is 32.2. The second-order valence-electron chi connectivity index (χ2n) is 8.59. The first-order valence-corrected chi connectivity index (χ1v) is 14.6. The minimum atomic E-state index is -3.98. The van der Waals surface area contributed by atoms with E-state index in [4.69, 9.17) is 8.92 Å². The standard InChI is InChI=1S/C19H31NO6SSi/c1-16-6-8-17(9-7-16)27(23,24)26-15-19(14-21)10-5-11-20(19)18(22)25-12-13-28(2,3)4/h6-9,21H,5,10-15H2,1-4H3. The molecule has 1 aliphatic rings. The molecule has 0 bridgehead atoms. The van der Waals surface area contributed by atoms with Crippen molar-refractivity contribution >= 4 is 24.3 Å². The Morgan fingerprint density at radius 3 is 2.46 bits per heavy atom. The van der Waals surface area contributed by atoms with Gasteiger partial charge in [-0.25, -0.2) is 4.79 Å². The number of aryl methyl sites for hydroxylation is 1. The molecular formula is C19H31NO6SSi. The van der Waals surface area contributed by atoms with Gasteiger partial charge in [0.25, 0.3) is 10.1 Å². The lowest BCUT2D eigenvalue weighted by atomic mass is 9.99. The van der Waals surface area contributed by atoms with Crippen molar-refractivity contribution in [3.63, 3.8) is 0 Å². The van der Waals surface area contributed by atoms with Crippen molar-refractivity contribution in [2.45, 2.75) is 55.9 Å². The third-order valence-electron chi connectivity index (χ3n) is 4.98. The molecule has 7 nitrogen and oxygen atoms in total. The minimum absolute atomic E-state index is 0.0495.